The zero-order valence-corrected chi connectivity index (χ0v) is 12.8. The van der Waals surface area contributed by atoms with Gasteiger partial charge in [-0.25, -0.2) is 0 Å². The molecule has 0 fully saturated rings. The molecule has 2 nitrogen and oxygen atoms in total. The van der Waals surface area contributed by atoms with Gasteiger partial charge in [-0.05, 0) is 39.9 Å². The summed E-state index contributed by atoms with van der Waals surface area (Å²) in [4.78, 5) is 0. The van der Waals surface area contributed by atoms with Crippen LogP contribution in [0.25, 0.3) is 10.9 Å². The van der Waals surface area contributed by atoms with Gasteiger partial charge in [-0.15, -0.1) is 0 Å². The van der Waals surface area contributed by atoms with Crippen molar-refractivity contribution < 1.29 is 0 Å². The topological polar surface area (TPSA) is 8.17 Å². The molecule has 3 unspecified atom stereocenters. The summed E-state index contributed by atoms with van der Waals surface area (Å²) in [6.07, 6.45) is 3.27. The van der Waals surface area contributed by atoms with Gasteiger partial charge in [-0.2, -0.15) is 0 Å². The molecule has 1 aromatic carbocycles. The molecule has 0 saturated heterocycles. The van der Waals surface area contributed by atoms with E-state index in [1.54, 1.807) is 0 Å². The zero-order chi connectivity index (χ0) is 11.7. The van der Waals surface area contributed by atoms with E-state index in [0.717, 1.165) is 13.0 Å². The minimum atomic E-state index is 1.02. The second-order valence-corrected chi connectivity index (χ2v) is 6.50. The largest absolute Gasteiger partial charge is 0.332 e. The van der Waals surface area contributed by atoms with Gasteiger partial charge in [-0.1, -0.05) is 30.9 Å². The number of hydrogen-bond donors (Lipinski definition) is 0. The van der Waals surface area contributed by atoms with Gasteiger partial charge in [-0.3, -0.25) is 4.44 Å². The van der Waals surface area contributed by atoms with E-state index in [1.165, 1.54) is 22.0 Å². The lowest BCUT2D eigenvalue weighted by atomic mass is 10.1. The second-order valence-electron chi connectivity index (χ2n) is 4.02. The third-order valence-electron chi connectivity index (χ3n) is 2.78. The SMILES string of the molecule is Cc1cccc2c1c(CCN(P)P)cn2P. The molecule has 1 heterocycles. The summed E-state index contributed by atoms with van der Waals surface area (Å²) in [5, 5.41) is 1.40. The van der Waals surface area contributed by atoms with Gasteiger partial charge in [0.1, 0.15) is 0 Å². The first-order chi connectivity index (χ1) is 7.59. The first-order valence-electron chi connectivity index (χ1n) is 5.21. The zero-order valence-electron chi connectivity index (χ0n) is 9.35. The maximum atomic E-state index is 2.75. The normalized spacial score (nSPS) is 11.6. The Balaban J connectivity index is 2.45. The van der Waals surface area contributed by atoms with Crippen LogP contribution in [-0.4, -0.2) is 15.3 Å². The molecule has 2 aromatic rings. The predicted molar refractivity (Wildman–Crippen MR) is 81.6 cm³/mol. The van der Waals surface area contributed by atoms with Gasteiger partial charge >= 0.3 is 0 Å². The molecule has 0 amide bonds. The van der Waals surface area contributed by atoms with Crippen molar-refractivity contribution >= 4 is 39.1 Å². The van der Waals surface area contributed by atoms with Crippen molar-refractivity contribution in [1.29, 1.82) is 0 Å². The van der Waals surface area contributed by atoms with E-state index in [0.29, 0.717) is 0 Å². The Labute approximate surface area is 104 Å². The Morgan fingerprint density at radius 2 is 2.06 bits per heavy atom. The van der Waals surface area contributed by atoms with E-state index in [-0.39, 0.29) is 0 Å². The number of fused-ring (bicyclic) bond motifs is 1. The highest BCUT2D eigenvalue weighted by Crippen LogP contribution is 2.27. The summed E-state index contributed by atoms with van der Waals surface area (Å²) in [6.45, 7) is 3.20. The molecule has 2 rings (SSSR count). The number of benzene rings is 1. The lowest BCUT2D eigenvalue weighted by Crippen LogP contribution is -2.01. The van der Waals surface area contributed by atoms with Crippen LogP contribution in [0.3, 0.4) is 0 Å². The van der Waals surface area contributed by atoms with Gasteiger partial charge in [0, 0.05) is 18.1 Å². The van der Waals surface area contributed by atoms with Crippen molar-refractivity contribution in [2.75, 3.05) is 6.54 Å². The molecule has 5 heteroatoms. The predicted octanol–water partition coefficient (Wildman–Crippen LogP) is 3.01. The first-order valence-corrected chi connectivity index (χ1v) is 6.76. The Morgan fingerprint density at radius 3 is 2.75 bits per heavy atom. The summed E-state index contributed by atoms with van der Waals surface area (Å²) in [6, 6.07) is 6.45. The van der Waals surface area contributed by atoms with Gasteiger partial charge in [0.05, 0.1) is 5.52 Å². The smallest absolute Gasteiger partial charge is 0.0514 e. The van der Waals surface area contributed by atoms with Crippen LogP contribution in [0.1, 0.15) is 11.1 Å². The summed E-state index contributed by atoms with van der Waals surface area (Å²) in [7, 11) is 8.09. The Hall–Kier alpha value is 0.01000. The van der Waals surface area contributed by atoms with E-state index in [2.05, 4.69) is 68.3 Å². The lowest BCUT2D eigenvalue weighted by molar-refractivity contribution is 0.728. The number of rotatable bonds is 3. The van der Waals surface area contributed by atoms with E-state index in [9.17, 15) is 0 Å². The molecule has 0 N–H and O–H groups in total. The molecule has 0 spiro atoms. The summed E-state index contributed by atoms with van der Waals surface area (Å²) in [5.74, 6) is 0. The first kappa shape index (κ1) is 12.5. The van der Waals surface area contributed by atoms with Crippen LogP contribution in [0, 0.1) is 6.92 Å². The fourth-order valence-electron chi connectivity index (χ4n) is 2.03. The van der Waals surface area contributed by atoms with Gasteiger partial charge in [0.2, 0.25) is 0 Å². The van der Waals surface area contributed by atoms with Crippen molar-refractivity contribution in [2.24, 2.45) is 0 Å². The van der Waals surface area contributed by atoms with Crippen LogP contribution in [0.4, 0.5) is 0 Å². The minimum absolute atomic E-state index is 1.02. The molecule has 3 atom stereocenters. The molecule has 0 bridgehead atoms. The standard InChI is InChI=1S/C11H17N2P3/c1-8-3-2-4-10-11(8)9(7-12(10)14)5-6-13(15)16/h2-4,7H,5-6,14-16H2,1H3. The quantitative estimate of drug-likeness (QED) is 0.778. The van der Waals surface area contributed by atoms with E-state index in [1.807, 2.05) is 0 Å². The van der Waals surface area contributed by atoms with Crippen LogP contribution >= 0.6 is 28.2 Å². The summed E-state index contributed by atoms with van der Waals surface area (Å²) < 4.78 is 4.19. The van der Waals surface area contributed by atoms with Crippen molar-refractivity contribution in [3.8, 4) is 0 Å². The van der Waals surface area contributed by atoms with Crippen molar-refractivity contribution in [3.63, 3.8) is 0 Å². The number of nitrogens with zero attached hydrogens (tertiary/aromatic N) is 2. The summed E-state index contributed by atoms with van der Waals surface area (Å²) >= 11 is 0. The van der Waals surface area contributed by atoms with Crippen molar-refractivity contribution in [2.45, 2.75) is 13.3 Å². The molecular weight excluding hydrogens is 253 g/mol. The lowest BCUT2D eigenvalue weighted by Gasteiger charge is -2.08. The molecule has 0 aliphatic heterocycles. The highest BCUT2D eigenvalue weighted by molar-refractivity contribution is 7.30. The van der Waals surface area contributed by atoms with Gasteiger partial charge < -0.3 is 4.34 Å². The average molecular weight is 270 g/mol. The maximum absolute atomic E-state index is 2.75. The van der Waals surface area contributed by atoms with Crippen LogP contribution in [0.15, 0.2) is 24.4 Å². The molecule has 0 saturated carbocycles. The van der Waals surface area contributed by atoms with Gasteiger partial charge in [0.25, 0.3) is 0 Å². The molecule has 16 heavy (non-hydrogen) atoms. The van der Waals surface area contributed by atoms with Crippen molar-refractivity contribution in [3.05, 3.63) is 35.5 Å². The van der Waals surface area contributed by atoms with Crippen LogP contribution in [0.5, 0.6) is 0 Å². The number of aryl methyl sites for hydroxylation is 1. The Morgan fingerprint density at radius 1 is 1.31 bits per heavy atom. The van der Waals surface area contributed by atoms with E-state index < -0.39 is 0 Å². The molecule has 0 aliphatic rings. The van der Waals surface area contributed by atoms with E-state index in [4.69, 9.17) is 0 Å². The highest BCUT2D eigenvalue weighted by Gasteiger charge is 2.08. The average Bonchev–Trinajstić information content (AvgIpc) is 2.55. The molecule has 1 aromatic heterocycles. The van der Waals surface area contributed by atoms with Crippen molar-refractivity contribution in [1.82, 2.24) is 8.78 Å². The van der Waals surface area contributed by atoms with Crippen LogP contribution in [-0.2, 0) is 6.42 Å². The molecule has 0 radical (unpaired) electrons. The van der Waals surface area contributed by atoms with Crippen LogP contribution < -0.4 is 0 Å². The number of aromatic nitrogens is 1. The van der Waals surface area contributed by atoms with E-state index >= 15 is 0 Å². The molecular formula is C11H17N2P3. The maximum Gasteiger partial charge on any atom is 0.0514 e. The molecule has 0 aliphatic carbocycles. The second kappa shape index (κ2) is 5.11. The third-order valence-corrected chi connectivity index (χ3v) is 3.73. The van der Waals surface area contributed by atoms with Gasteiger partial charge in [0.15, 0.2) is 0 Å². The fraction of sp³-hybridized carbons (Fsp3) is 0.273. The Kier molecular flexibility index (Phi) is 3.98. The fourth-order valence-corrected chi connectivity index (χ4v) is 2.68. The third kappa shape index (κ3) is 2.47. The number of hydrogen-bond acceptors (Lipinski definition) is 1. The minimum Gasteiger partial charge on any atom is -0.332 e. The molecule has 86 valence electrons. The Bertz CT molecular complexity index is 505. The monoisotopic (exact) mass is 270 g/mol. The van der Waals surface area contributed by atoms with Crippen LogP contribution in [0.2, 0.25) is 0 Å². The summed E-state index contributed by atoms with van der Waals surface area (Å²) in [5.41, 5.74) is 4.06. The highest BCUT2D eigenvalue weighted by atomic mass is 31.1.